The largest absolute Gasteiger partial charge is 0.496 e. The van der Waals surface area contributed by atoms with E-state index in [1.807, 2.05) is 18.2 Å². The molecule has 0 unspecified atom stereocenters. The number of rotatable bonds is 2. The summed E-state index contributed by atoms with van der Waals surface area (Å²) in [4.78, 5) is 0. The molecular formula is C13H10ClFO. The van der Waals surface area contributed by atoms with Crippen LogP contribution >= 0.6 is 11.6 Å². The Bertz CT molecular complexity index is 511. The minimum absolute atomic E-state index is 0.350. The van der Waals surface area contributed by atoms with Crippen LogP contribution in [0.5, 0.6) is 5.75 Å². The van der Waals surface area contributed by atoms with Gasteiger partial charge in [-0.05, 0) is 24.3 Å². The lowest BCUT2D eigenvalue weighted by Gasteiger charge is -2.09. The fraction of sp³-hybridized carbons (Fsp3) is 0.0769. The van der Waals surface area contributed by atoms with Gasteiger partial charge in [0, 0.05) is 16.1 Å². The van der Waals surface area contributed by atoms with Crippen molar-refractivity contribution in [2.24, 2.45) is 0 Å². The van der Waals surface area contributed by atoms with Gasteiger partial charge in [-0.25, -0.2) is 4.39 Å². The summed E-state index contributed by atoms with van der Waals surface area (Å²) in [5.74, 6) is 0.292. The highest BCUT2D eigenvalue weighted by atomic mass is 35.5. The summed E-state index contributed by atoms with van der Waals surface area (Å²) in [7, 11) is 1.56. The Hall–Kier alpha value is -1.54. The van der Waals surface area contributed by atoms with Crippen molar-refractivity contribution in [1.82, 2.24) is 0 Å². The van der Waals surface area contributed by atoms with Crippen LogP contribution in [0.15, 0.2) is 42.5 Å². The molecule has 0 radical (unpaired) electrons. The van der Waals surface area contributed by atoms with Gasteiger partial charge in [0.2, 0.25) is 0 Å². The molecule has 0 atom stereocenters. The predicted octanol–water partition coefficient (Wildman–Crippen LogP) is 4.15. The van der Waals surface area contributed by atoms with Gasteiger partial charge < -0.3 is 4.74 Å². The normalized spacial score (nSPS) is 10.2. The molecule has 3 heteroatoms. The lowest BCUT2D eigenvalue weighted by molar-refractivity contribution is 0.416. The Morgan fingerprint density at radius 3 is 2.50 bits per heavy atom. The first-order valence-electron chi connectivity index (χ1n) is 4.81. The van der Waals surface area contributed by atoms with Crippen molar-refractivity contribution in [1.29, 1.82) is 0 Å². The van der Waals surface area contributed by atoms with Crippen molar-refractivity contribution in [3.63, 3.8) is 0 Å². The van der Waals surface area contributed by atoms with E-state index in [-0.39, 0.29) is 5.82 Å². The van der Waals surface area contributed by atoms with Gasteiger partial charge in [0.25, 0.3) is 0 Å². The Balaban J connectivity index is 2.58. The smallest absolute Gasteiger partial charge is 0.132 e. The van der Waals surface area contributed by atoms with Crippen LogP contribution in [0.25, 0.3) is 11.1 Å². The lowest BCUT2D eigenvalue weighted by atomic mass is 10.0. The van der Waals surface area contributed by atoms with Crippen LogP contribution in [0.4, 0.5) is 4.39 Å². The SMILES string of the molecule is COc1ccccc1-c1ccc(Cl)cc1F. The molecule has 0 aliphatic heterocycles. The number of hydrogen-bond donors (Lipinski definition) is 0. The van der Waals surface area contributed by atoms with Crippen LogP contribution in [0.2, 0.25) is 5.02 Å². The van der Waals surface area contributed by atoms with Crippen molar-refractivity contribution < 1.29 is 9.13 Å². The molecule has 0 bridgehead atoms. The minimum Gasteiger partial charge on any atom is -0.496 e. The number of methoxy groups -OCH3 is 1. The topological polar surface area (TPSA) is 9.23 Å². The fourth-order valence-electron chi connectivity index (χ4n) is 1.58. The molecule has 0 aromatic heterocycles. The molecule has 0 amide bonds. The molecule has 1 nitrogen and oxygen atoms in total. The van der Waals surface area contributed by atoms with Gasteiger partial charge in [0.05, 0.1) is 7.11 Å². The molecule has 0 saturated heterocycles. The van der Waals surface area contributed by atoms with E-state index in [0.29, 0.717) is 16.3 Å². The minimum atomic E-state index is -0.350. The predicted molar refractivity (Wildman–Crippen MR) is 63.4 cm³/mol. The monoisotopic (exact) mass is 236 g/mol. The molecule has 82 valence electrons. The Kier molecular flexibility index (Phi) is 3.11. The Labute approximate surface area is 98.4 Å². The lowest BCUT2D eigenvalue weighted by Crippen LogP contribution is -1.89. The van der Waals surface area contributed by atoms with Gasteiger partial charge >= 0.3 is 0 Å². The summed E-state index contributed by atoms with van der Waals surface area (Å²) in [6.07, 6.45) is 0. The van der Waals surface area contributed by atoms with Crippen molar-refractivity contribution in [3.05, 3.63) is 53.3 Å². The molecule has 2 aromatic rings. The number of halogens is 2. The van der Waals surface area contributed by atoms with E-state index in [4.69, 9.17) is 16.3 Å². The van der Waals surface area contributed by atoms with E-state index in [1.54, 1.807) is 25.3 Å². The first-order chi connectivity index (χ1) is 7.72. The van der Waals surface area contributed by atoms with Crippen LogP contribution in [0.3, 0.4) is 0 Å². The molecule has 0 aliphatic carbocycles. The van der Waals surface area contributed by atoms with Gasteiger partial charge in [0.15, 0.2) is 0 Å². The first-order valence-corrected chi connectivity index (χ1v) is 5.18. The highest BCUT2D eigenvalue weighted by Crippen LogP contribution is 2.32. The summed E-state index contributed by atoms with van der Waals surface area (Å²) < 4.78 is 18.9. The third-order valence-corrected chi connectivity index (χ3v) is 2.56. The molecule has 0 aliphatic rings. The molecule has 2 aromatic carbocycles. The third kappa shape index (κ3) is 2.02. The first kappa shape index (κ1) is 11.0. The van der Waals surface area contributed by atoms with Crippen LogP contribution in [-0.2, 0) is 0 Å². The van der Waals surface area contributed by atoms with E-state index in [1.165, 1.54) is 6.07 Å². The zero-order valence-electron chi connectivity index (χ0n) is 8.71. The van der Waals surface area contributed by atoms with E-state index in [2.05, 4.69) is 0 Å². The van der Waals surface area contributed by atoms with Crippen LogP contribution < -0.4 is 4.74 Å². The van der Waals surface area contributed by atoms with Gasteiger partial charge in [-0.15, -0.1) is 0 Å². The average molecular weight is 237 g/mol. The molecule has 0 saturated carbocycles. The summed E-state index contributed by atoms with van der Waals surface area (Å²) in [5.41, 5.74) is 1.21. The maximum absolute atomic E-state index is 13.7. The van der Waals surface area contributed by atoms with Crippen molar-refractivity contribution in [2.75, 3.05) is 7.11 Å². The molecule has 0 spiro atoms. The molecule has 16 heavy (non-hydrogen) atoms. The second-order valence-corrected chi connectivity index (χ2v) is 3.76. The summed E-state index contributed by atoms with van der Waals surface area (Å²) in [6.45, 7) is 0. The maximum Gasteiger partial charge on any atom is 0.132 e. The van der Waals surface area contributed by atoms with Crippen LogP contribution in [-0.4, -0.2) is 7.11 Å². The highest BCUT2D eigenvalue weighted by molar-refractivity contribution is 6.30. The quantitative estimate of drug-likeness (QED) is 0.761. The highest BCUT2D eigenvalue weighted by Gasteiger charge is 2.09. The van der Waals surface area contributed by atoms with Crippen molar-refractivity contribution in [2.45, 2.75) is 0 Å². The molecule has 0 N–H and O–H groups in total. The number of benzene rings is 2. The Morgan fingerprint density at radius 2 is 1.81 bits per heavy atom. The van der Waals surface area contributed by atoms with Crippen LogP contribution in [0.1, 0.15) is 0 Å². The zero-order chi connectivity index (χ0) is 11.5. The second-order valence-electron chi connectivity index (χ2n) is 3.32. The van der Waals surface area contributed by atoms with Crippen molar-refractivity contribution >= 4 is 11.6 Å². The molecule has 0 fully saturated rings. The number of ether oxygens (including phenoxy) is 1. The van der Waals surface area contributed by atoms with Gasteiger partial charge in [-0.1, -0.05) is 29.8 Å². The number of para-hydroxylation sites is 1. The van der Waals surface area contributed by atoms with Gasteiger partial charge in [0.1, 0.15) is 11.6 Å². The van der Waals surface area contributed by atoms with E-state index in [0.717, 1.165) is 5.56 Å². The second kappa shape index (κ2) is 4.54. The summed E-state index contributed by atoms with van der Waals surface area (Å²) >= 11 is 5.71. The average Bonchev–Trinajstić information content (AvgIpc) is 2.29. The molecular weight excluding hydrogens is 227 g/mol. The van der Waals surface area contributed by atoms with E-state index < -0.39 is 0 Å². The third-order valence-electron chi connectivity index (χ3n) is 2.33. The van der Waals surface area contributed by atoms with E-state index >= 15 is 0 Å². The molecule has 2 rings (SSSR count). The van der Waals surface area contributed by atoms with Crippen molar-refractivity contribution in [3.8, 4) is 16.9 Å². The zero-order valence-corrected chi connectivity index (χ0v) is 9.46. The number of hydrogen-bond acceptors (Lipinski definition) is 1. The summed E-state index contributed by atoms with van der Waals surface area (Å²) in [5, 5.41) is 0.385. The van der Waals surface area contributed by atoms with Gasteiger partial charge in [-0.3, -0.25) is 0 Å². The van der Waals surface area contributed by atoms with Crippen LogP contribution in [0, 0.1) is 5.82 Å². The molecule has 0 heterocycles. The maximum atomic E-state index is 13.7. The van der Waals surface area contributed by atoms with Gasteiger partial charge in [-0.2, -0.15) is 0 Å². The standard InChI is InChI=1S/C13H10ClFO/c1-16-13-5-3-2-4-11(13)10-7-6-9(14)8-12(10)15/h2-8H,1H3. The fourth-order valence-corrected chi connectivity index (χ4v) is 1.73. The Morgan fingerprint density at radius 1 is 1.06 bits per heavy atom. The summed E-state index contributed by atoms with van der Waals surface area (Å²) in [6, 6.07) is 11.9. The van der Waals surface area contributed by atoms with E-state index in [9.17, 15) is 4.39 Å².